The van der Waals surface area contributed by atoms with Crippen molar-refractivity contribution in [2.75, 3.05) is 0 Å². The van der Waals surface area contributed by atoms with Crippen LogP contribution in [0.25, 0.3) is 104 Å². The highest BCUT2D eigenvalue weighted by Gasteiger charge is 2.22. The fraction of sp³-hybridized carbons (Fsp3) is 0. The first-order valence-electron chi connectivity index (χ1n) is 17.0. The molecule has 0 bridgehead atoms. The summed E-state index contributed by atoms with van der Waals surface area (Å²) in [6.07, 6.45) is 0. The molecule has 0 saturated carbocycles. The summed E-state index contributed by atoms with van der Waals surface area (Å²) in [5.41, 5.74) is 8.73. The van der Waals surface area contributed by atoms with E-state index in [1.807, 2.05) is 0 Å². The Morgan fingerprint density at radius 3 is 1.53 bits per heavy atom. The first-order chi connectivity index (χ1) is 24.3. The molecule has 0 atom stereocenters. The second kappa shape index (κ2) is 10.0. The van der Waals surface area contributed by atoms with Crippen molar-refractivity contribution in [3.63, 3.8) is 0 Å². The van der Waals surface area contributed by atoms with E-state index in [-0.39, 0.29) is 0 Å². The molecule has 1 nitrogen and oxygen atoms in total. The lowest BCUT2D eigenvalue weighted by Crippen LogP contribution is -1.96. The molecule has 0 amide bonds. The maximum atomic E-state index is 2.47. The SMILES string of the molecule is c1ccc(-n2c3ccccc3c3cc4ccc5c(-c6cccc7ccccc67)cc(-c6cccc7ccccc67)c6ccc(c4c56)c32)cc1. The largest absolute Gasteiger partial charge is 0.309 e. The number of benzene rings is 10. The third kappa shape index (κ3) is 3.70. The molecule has 0 aliphatic heterocycles. The minimum absolute atomic E-state index is 1.18. The molecule has 0 fully saturated rings. The quantitative estimate of drug-likeness (QED) is 0.173. The summed E-state index contributed by atoms with van der Waals surface area (Å²) in [5, 5.41) is 15.4. The van der Waals surface area contributed by atoms with Gasteiger partial charge in [0.25, 0.3) is 0 Å². The standard InChI is InChI=1S/C48H29N/c1-2-16-33(17-3-1)49-45-23-9-8-20-38(45)44-28-32-24-25-39-42(36-21-10-14-30-12-4-6-18-34(30)36)29-43(37-22-11-15-31-13-5-7-19-35(31)37)40-26-27-41(48(44)49)46(32)47(39)40/h1-29H. The Morgan fingerprint density at radius 2 is 0.837 bits per heavy atom. The van der Waals surface area contributed by atoms with E-state index in [1.54, 1.807) is 0 Å². The van der Waals surface area contributed by atoms with Gasteiger partial charge in [-0.25, -0.2) is 0 Å². The Kier molecular flexibility index (Phi) is 5.45. The van der Waals surface area contributed by atoms with Gasteiger partial charge in [0.15, 0.2) is 0 Å². The van der Waals surface area contributed by atoms with E-state index in [4.69, 9.17) is 0 Å². The first-order valence-corrected chi connectivity index (χ1v) is 17.0. The van der Waals surface area contributed by atoms with E-state index in [0.717, 1.165) is 0 Å². The number of nitrogens with zero attached hydrogens (tertiary/aromatic N) is 1. The lowest BCUT2D eigenvalue weighted by atomic mass is 9.83. The van der Waals surface area contributed by atoms with Gasteiger partial charge in [-0.3, -0.25) is 0 Å². The van der Waals surface area contributed by atoms with E-state index in [0.29, 0.717) is 0 Å². The van der Waals surface area contributed by atoms with Gasteiger partial charge in [-0.1, -0.05) is 146 Å². The zero-order chi connectivity index (χ0) is 32.1. The van der Waals surface area contributed by atoms with Crippen molar-refractivity contribution in [1.82, 2.24) is 4.57 Å². The molecule has 0 aliphatic rings. The molecule has 226 valence electrons. The van der Waals surface area contributed by atoms with Crippen LogP contribution >= 0.6 is 0 Å². The molecule has 0 spiro atoms. The minimum atomic E-state index is 1.18. The Bertz CT molecular complexity index is 2980. The molecule has 11 rings (SSSR count). The smallest absolute Gasteiger partial charge is 0.0620 e. The summed E-state index contributed by atoms with van der Waals surface area (Å²) in [5.74, 6) is 0. The van der Waals surface area contributed by atoms with Crippen LogP contribution in [-0.4, -0.2) is 4.57 Å². The lowest BCUT2D eigenvalue weighted by molar-refractivity contribution is 1.19. The summed E-state index contributed by atoms with van der Waals surface area (Å²) in [4.78, 5) is 0. The van der Waals surface area contributed by atoms with Gasteiger partial charge in [0.05, 0.1) is 11.0 Å². The third-order valence-corrected chi connectivity index (χ3v) is 10.7. The highest BCUT2D eigenvalue weighted by Crippen LogP contribution is 2.48. The Hall–Kier alpha value is -6.44. The summed E-state index contributed by atoms with van der Waals surface area (Å²) in [6, 6.07) is 65.1. The van der Waals surface area contributed by atoms with Gasteiger partial charge < -0.3 is 4.57 Å². The monoisotopic (exact) mass is 619 g/mol. The molecule has 0 unspecified atom stereocenters. The van der Waals surface area contributed by atoms with Gasteiger partial charge in [0, 0.05) is 21.8 Å². The number of fused-ring (bicyclic) bond motifs is 6. The maximum Gasteiger partial charge on any atom is 0.0620 e. The molecule has 1 heteroatoms. The number of para-hydroxylation sites is 2. The fourth-order valence-electron chi connectivity index (χ4n) is 8.63. The summed E-state index contributed by atoms with van der Waals surface area (Å²) >= 11 is 0. The van der Waals surface area contributed by atoms with Crippen LogP contribution in [0.15, 0.2) is 176 Å². The van der Waals surface area contributed by atoms with Crippen molar-refractivity contribution >= 4 is 75.7 Å². The Morgan fingerprint density at radius 1 is 0.286 bits per heavy atom. The van der Waals surface area contributed by atoms with Crippen molar-refractivity contribution < 1.29 is 0 Å². The van der Waals surface area contributed by atoms with Crippen LogP contribution in [0.4, 0.5) is 0 Å². The Balaban J connectivity index is 1.37. The fourth-order valence-corrected chi connectivity index (χ4v) is 8.63. The summed E-state index contributed by atoms with van der Waals surface area (Å²) in [7, 11) is 0. The number of rotatable bonds is 3. The molecule has 1 heterocycles. The molecule has 0 aliphatic carbocycles. The molecule has 0 radical (unpaired) electrons. The first kappa shape index (κ1) is 26.6. The van der Waals surface area contributed by atoms with Crippen LogP contribution in [0.1, 0.15) is 0 Å². The van der Waals surface area contributed by atoms with Crippen molar-refractivity contribution in [2.45, 2.75) is 0 Å². The van der Waals surface area contributed by atoms with Crippen molar-refractivity contribution in [3.05, 3.63) is 176 Å². The molecule has 0 saturated heterocycles. The minimum Gasteiger partial charge on any atom is -0.309 e. The van der Waals surface area contributed by atoms with Gasteiger partial charge in [-0.15, -0.1) is 0 Å². The van der Waals surface area contributed by atoms with Crippen molar-refractivity contribution in [3.8, 4) is 27.9 Å². The second-order valence-corrected chi connectivity index (χ2v) is 13.2. The lowest BCUT2D eigenvalue weighted by Gasteiger charge is -2.20. The van der Waals surface area contributed by atoms with E-state index in [1.165, 1.54) is 104 Å². The molecule has 11 aromatic rings. The molecular weight excluding hydrogens is 591 g/mol. The second-order valence-electron chi connectivity index (χ2n) is 13.2. The van der Waals surface area contributed by atoms with Crippen LogP contribution < -0.4 is 0 Å². The zero-order valence-electron chi connectivity index (χ0n) is 26.7. The van der Waals surface area contributed by atoms with Gasteiger partial charge in [-0.05, 0) is 101 Å². The maximum absolute atomic E-state index is 2.47. The normalized spacial score (nSPS) is 12.1. The van der Waals surface area contributed by atoms with Crippen LogP contribution in [0.5, 0.6) is 0 Å². The average Bonchev–Trinajstić information content (AvgIpc) is 3.51. The van der Waals surface area contributed by atoms with Gasteiger partial charge >= 0.3 is 0 Å². The Labute approximate surface area is 283 Å². The third-order valence-electron chi connectivity index (χ3n) is 10.7. The number of hydrogen-bond donors (Lipinski definition) is 0. The van der Waals surface area contributed by atoms with Crippen LogP contribution in [0.2, 0.25) is 0 Å². The van der Waals surface area contributed by atoms with E-state index < -0.39 is 0 Å². The number of hydrogen-bond acceptors (Lipinski definition) is 0. The van der Waals surface area contributed by atoms with Crippen LogP contribution in [0.3, 0.4) is 0 Å². The molecule has 1 aromatic heterocycles. The highest BCUT2D eigenvalue weighted by atomic mass is 15.0. The van der Waals surface area contributed by atoms with Crippen LogP contribution in [-0.2, 0) is 0 Å². The van der Waals surface area contributed by atoms with Gasteiger partial charge in [0.2, 0.25) is 0 Å². The molecular formula is C48H29N. The molecule has 49 heavy (non-hydrogen) atoms. The predicted octanol–water partition coefficient (Wildman–Crippen LogP) is 13.3. The summed E-state index contributed by atoms with van der Waals surface area (Å²) < 4.78 is 2.47. The van der Waals surface area contributed by atoms with E-state index >= 15 is 0 Å². The zero-order valence-corrected chi connectivity index (χ0v) is 26.7. The summed E-state index contributed by atoms with van der Waals surface area (Å²) in [6.45, 7) is 0. The molecule has 0 N–H and O–H groups in total. The topological polar surface area (TPSA) is 4.93 Å². The number of aromatic nitrogens is 1. The van der Waals surface area contributed by atoms with E-state index in [2.05, 4.69) is 180 Å². The molecule has 10 aromatic carbocycles. The van der Waals surface area contributed by atoms with Crippen LogP contribution in [0, 0.1) is 0 Å². The highest BCUT2D eigenvalue weighted by molar-refractivity contribution is 6.35. The van der Waals surface area contributed by atoms with Gasteiger partial charge in [0.1, 0.15) is 0 Å². The van der Waals surface area contributed by atoms with Gasteiger partial charge in [-0.2, -0.15) is 0 Å². The average molecular weight is 620 g/mol. The van der Waals surface area contributed by atoms with Crippen molar-refractivity contribution in [2.24, 2.45) is 0 Å². The van der Waals surface area contributed by atoms with E-state index in [9.17, 15) is 0 Å². The van der Waals surface area contributed by atoms with Crippen molar-refractivity contribution in [1.29, 1.82) is 0 Å². The predicted molar refractivity (Wildman–Crippen MR) is 210 cm³/mol.